The van der Waals surface area contributed by atoms with Gasteiger partial charge in [-0.15, -0.1) is 0 Å². The standard InChI is InChI=1S/C30H37ClF3N3O4/c1-19(2)35-26(38)24-9-8-22(17-25(24)31)37-14-11-28(12-15-37)18-21(28)10-13-36(3)27(39)29(40,30(32,33)34)20-6-5-7-23(16-20)41-4/h5-9,16-17,19,21,40H,10-15,18H2,1-4H3,(H,35,38)/t21-,29+/m0/s1. The van der Waals surface area contributed by atoms with Crippen LogP contribution in [0.2, 0.25) is 5.02 Å². The molecule has 41 heavy (non-hydrogen) atoms. The van der Waals surface area contributed by atoms with Gasteiger partial charge in [-0.05, 0) is 81.2 Å². The molecule has 7 nitrogen and oxygen atoms in total. The number of halogens is 4. The van der Waals surface area contributed by atoms with Crippen LogP contribution in [0.4, 0.5) is 18.9 Å². The van der Waals surface area contributed by atoms with Gasteiger partial charge in [-0.3, -0.25) is 9.59 Å². The van der Waals surface area contributed by atoms with Gasteiger partial charge >= 0.3 is 6.18 Å². The molecule has 4 rings (SSSR count). The Hall–Kier alpha value is -2.98. The topological polar surface area (TPSA) is 82.1 Å². The molecular weight excluding hydrogens is 559 g/mol. The maximum absolute atomic E-state index is 14.1. The fourth-order valence-electron chi connectivity index (χ4n) is 5.87. The number of carbonyl (C=O) groups is 2. The van der Waals surface area contributed by atoms with Gasteiger partial charge < -0.3 is 25.0 Å². The summed E-state index contributed by atoms with van der Waals surface area (Å²) in [6.45, 7) is 5.46. The monoisotopic (exact) mass is 595 g/mol. The van der Waals surface area contributed by atoms with E-state index in [-0.39, 0.29) is 29.7 Å². The number of aliphatic hydroxyl groups is 1. The first-order chi connectivity index (χ1) is 19.2. The summed E-state index contributed by atoms with van der Waals surface area (Å²) < 4.78 is 47.2. The van der Waals surface area contributed by atoms with Gasteiger partial charge in [0.25, 0.3) is 17.4 Å². The molecule has 2 aromatic rings. The number of carbonyl (C=O) groups excluding carboxylic acids is 2. The molecule has 1 aliphatic carbocycles. The van der Waals surface area contributed by atoms with Crippen LogP contribution < -0.4 is 15.0 Å². The van der Waals surface area contributed by atoms with Crippen LogP contribution in [0.3, 0.4) is 0 Å². The number of piperidine rings is 1. The number of ether oxygens (including phenoxy) is 1. The number of amides is 2. The zero-order valence-electron chi connectivity index (χ0n) is 23.7. The van der Waals surface area contributed by atoms with Crippen LogP contribution in [0.25, 0.3) is 0 Å². The molecule has 1 spiro atoms. The molecule has 1 saturated carbocycles. The van der Waals surface area contributed by atoms with E-state index in [2.05, 4.69) is 10.2 Å². The molecule has 2 fully saturated rings. The van der Waals surface area contributed by atoms with E-state index in [0.29, 0.717) is 22.9 Å². The summed E-state index contributed by atoms with van der Waals surface area (Å²) in [6.07, 6.45) is -1.87. The molecule has 0 bridgehead atoms. The molecule has 0 radical (unpaired) electrons. The summed E-state index contributed by atoms with van der Waals surface area (Å²) in [5.74, 6) is -1.22. The minimum absolute atomic E-state index is 0.00436. The van der Waals surface area contributed by atoms with Crippen molar-refractivity contribution in [1.82, 2.24) is 10.2 Å². The Balaban J connectivity index is 1.34. The third-order valence-corrected chi connectivity index (χ3v) is 8.78. The lowest BCUT2D eigenvalue weighted by molar-refractivity contribution is -0.261. The fraction of sp³-hybridized carbons (Fsp3) is 0.533. The van der Waals surface area contributed by atoms with Gasteiger partial charge in [0.15, 0.2) is 0 Å². The predicted molar refractivity (Wildman–Crippen MR) is 151 cm³/mol. The van der Waals surface area contributed by atoms with Crippen molar-refractivity contribution < 1.29 is 32.6 Å². The fourth-order valence-corrected chi connectivity index (χ4v) is 6.13. The second kappa shape index (κ2) is 11.7. The van der Waals surface area contributed by atoms with Gasteiger partial charge in [0, 0.05) is 44.0 Å². The molecule has 11 heteroatoms. The average Bonchev–Trinajstić information content (AvgIpc) is 3.60. The lowest BCUT2D eigenvalue weighted by atomic mass is 9.89. The van der Waals surface area contributed by atoms with Crippen LogP contribution in [-0.2, 0) is 10.4 Å². The Labute approximate surface area is 243 Å². The van der Waals surface area contributed by atoms with E-state index in [0.717, 1.165) is 55.1 Å². The van der Waals surface area contributed by atoms with Gasteiger partial charge in [0.2, 0.25) is 0 Å². The summed E-state index contributed by atoms with van der Waals surface area (Å²) in [5.41, 5.74) is -2.77. The number of likely N-dealkylation sites (N-methyl/N-ethyl adjacent to an activating group) is 1. The van der Waals surface area contributed by atoms with Crippen LogP contribution in [0.1, 0.15) is 55.5 Å². The lowest BCUT2D eigenvalue weighted by Gasteiger charge is -2.35. The van der Waals surface area contributed by atoms with Crippen molar-refractivity contribution in [3.8, 4) is 5.75 Å². The normalized spacial score (nSPS) is 19.6. The Morgan fingerprint density at radius 3 is 2.46 bits per heavy atom. The molecule has 224 valence electrons. The highest BCUT2D eigenvalue weighted by Crippen LogP contribution is 2.61. The average molecular weight is 596 g/mol. The Bertz CT molecular complexity index is 1280. The number of rotatable bonds is 9. The molecule has 2 aromatic carbocycles. The number of methoxy groups -OCH3 is 1. The maximum Gasteiger partial charge on any atom is 0.430 e. The molecule has 2 aliphatic rings. The molecule has 2 N–H and O–H groups in total. The predicted octanol–water partition coefficient (Wildman–Crippen LogP) is 5.39. The highest BCUT2D eigenvalue weighted by Gasteiger charge is 2.62. The third-order valence-electron chi connectivity index (χ3n) is 8.47. The van der Waals surface area contributed by atoms with Crippen molar-refractivity contribution in [2.45, 2.75) is 57.3 Å². The number of alkyl halides is 3. The summed E-state index contributed by atoms with van der Waals surface area (Å²) in [5, 5.41) is 14.0. The summed E-state index contributed by atoms with van der Waals surface area (Å²) in [6, 6.07) is 10.3. The molecule has 0 aromatic heterocycles. The highest BCUT2D eigenvalue weighted by molar-refractivity contribution is 6.34. The summed E-state index contributed by atoms with van der Waals surface area (Å²) in [4.78, 5) is 28.6. The highest BCUT2D eigenvalue weighted by atomic mass is 35.5. The van der Waals surface area contributed by atoms with E-state index in [4.69, 9.17) is 16.3 Å². The van der Waals surface area contributed by atoms with Gasteiger partial charge in [0.05, 0.1) is 17.7 Å². The first-order valence-corrected chi connectivity index (χ1v) is 14.1. The minimum Gasteiger partial charge on any atom is -0.497 e. The quantitative estimate of drug-likeness (QED) is 0.406. The Morgan fingerprint density at radius 2 is 1.88 bits per heavy atom. The van der Waals surface area contributed by atoms with Crippen molar-refractivity contribution in [3.63, 3.8) is 0 Å². The van der Waals surface area contributed by atoms with Crippen molar-refractivity contribution in [3.05, 3.63) is 58.6 Å². The number of hydrogen-bond acceptors (Lipinski definition) is 5. The van der Waals surface area contributed by atoms with Crippen molar-refractivity contribution >= 4 is 29.1 Å². The molecule has 1 heterocycles. The van der Waals surface area contributed by atoms with Gasteiger partial charge in [0.1, 0.15) is 5.75 Å². The molecular formula is C30H37ClF3N3O4. The number of anilines is 1. The number of nitrogens with zero attached hydrogens (tertiary/aromatic N) is 2. The van der Waals surface area contributed by atoms with Crippen molar-refractivity contribution in [2.75, 3.05) is 38.7 Å². The number of hydrogen-bond donors (Lipinski definition) is 2. The van der Waals surface area contributed by atoms with Crippen LogP contribution in [0.15, 0.2) is 42.5 Å². The number of benzene rings is 2. The minimum atomic E-state index is -5.21. The Kier molecular flexibility index (Phi) is 8.85. The number of nitrogens with one attached hydrogen (secondary N) is 1. The zero-order chi connectivity index (χ0) is 30.2. The Morgan fingerprint density at radius 1 is 1.20 bits per heavy atom. The smallest absolute Gasteiger partial charge is 0.430 e. The van der Waals surface area contributed by atoms with E-state index < -0.39 is 23.2 Å². The van der Waals surface area contributed by atoms with Crippen LogP contribution in [0.5, 0.6) is 5.75 Å². The first-order valence-electron chi connectivity index (χ1n) is 13.8. The maximum atomic E-state index is 14.1. The van der Waals surface area contributed by atoms with Crippen molar-refractivity contribution in [1.29, 1.82) is 0 Å². The van der Waals surface area contributed by atoms with Crippen LogP contribution in [0, 0.1) is 11.3 Å². The largest absolute Gasteiger partial charge is 0.497 e. The summed E-state index contributed by atoms with van der Waals surface area (Å²) in [7, 11) is 2.60. The van der Waals surface area contributed by atoms with Gasteiger partial charge in [-0.1, -0.05) is 23.7 Å². The molecule has 2 amide bonds. The van der Waals surface area contributed by atoms with E-state index in [9.17, 15) is 27.9 Å². The van der Waals surface area contributed by atoms with Crippen LogP contribution in [-0.4, -0.2) is 67.8 Å². The first kappa shape index (κ1) is 31.0. The van der Waals surface area contributed by atoms with E-state index in [1.807, 2.05) is 26.0 Å². The van der Waals surface area contributed by atoms with Crippen molar-refractivity contribution in [2.24, 2.45) is 11.3 Å². The van der Waals surface area contributed by atoms with E-state index in [1.54, 1.807) is 6.07 Å². The molecule has 0 unspecified atom stereocenters. The zero-order valence-corrected chi connectivity index (χ0v) is 24.5. The van der Waals surface area contributed by atoms with E-state index in [1.165, 1.54) is 26.3 Å². The summed E-state index contributed by atoms with van der Waals surface area (Å²) >= 11 is 6.42. The molecule has 1 saturated heterocycles. The van der Waals surface area contributed by atoms with Gasteiger partial charge in [-0.25, -0.2) is 0 Å². The lowest BCUT2D eigenvalue weighted by Crippen LogP contribution is -2.55. The van der Waals surface area contributed by atoms with Gasteiger partial charge in [-0.2, -0.15) is 13.2 Å². The molecule has 1 aliphatic heterocycles. The van der Waals surface area contributed by atoms with E-state index >= 15 is 0 Å². The van der Waals surface area contributed by atoms with Crippen LogP contribution >= 0.6 is 11.6 Å². The third kappa shape index (κ3) is 6.28. The second-order valence-corrected chi connectivity index (χ2v) is 11.9. The molecule has 2 atom stereocenters. The SMILES string of the molecule is COc1cccc([C@@](O)(C(=O)N(C)CC[C@H]2CC23CCN(c2ccc(C(=O)NC(C)C)c(Cl)c2)CC3)C(F)(F)F)c1. The second-order valence-electron chi connectivity index (χ2n) is 11.5.